The van der Waals surface area contributed by atoms with Crippen LogP contribution in [0.1, 0.15) is 18.9 Å². The molecule has 0 unspecified atom stereocenters. The highest BCUT2D eigenvalue weighted by molar-refractivity contribution is 6.19. The quantitative estimate of drug-likeness (QED) is 0.802. The summed E-state index contributed by atoms with van der Waals surface area (Å²) in [5, 5.41) is 0. The Morgan fingerprint density at radius 2 is 1.75 bits per heavy atom. The number of amides is 3. The lowest BCUT2D eigenvalue weighted by atomic mass is 10.2. The summed E-state index contributed by atoms with van der Waals surface area (Å²) in [6.45, 7) is 2.29. The molecule has 0 spiro atoms. The number of imide groups is 1. The maximum Gasteiger partial charge on any atom is 0.416 e. The van der Waals surface area contributed by atoms with Crippen LogP contribution in [0.3, 0.4) is 0 Å². The first-order chi connectivity index (χ1) is 9.34. The highest BCUT2D eigenvalue weighted by Crippen LogP contribution is 2.31. The van der Waals surface area contributed by atoms with Gasteiger partial charge < -0.3 is 4.90 Å². The number of rotatable bonds is 3. The number of hydrogen-bond donors (Lipinski definition) is 0. The summed E-state index contributed by atoms with van der Waals surface area (Å²) in [4.78, 5) is 26.1. The van der Waals surface area contributed by atoms with E-state index < -0.39 is 23.7 Å². The van der Waals surface area contributed by atoms with Crippen molar-refractivity contribution in [3.63, 3.8) is 0 Å². The van der Waals surface area contributed by atoms with E-state index in [0.29, 0.717) is 13.0 Å². The number of halogens is 3. The Kier molecular flexibility index (Phi) is 3.69. The minimum absolute atomic E-state index is 0.0340. The molecule has 4 nitrogen and oxygen atoms in total. The molecule has 0 bridgehead atoms. The molecule has 1 heterocycles. The molecule has 108 valence electrons. The SMILES string of the molecule is CCCN1CC(=O)N(c2ccc(C(F)(F)F)cc2)C1=O. The molecule has 0 atom stereocenters. The summed E-state index contributed by atoms with van der Waals surface area (Å²) in [7, 11) is 0. The highest BCUT2D eigenvalue weighted by atomic mass is 19.4. The van der Waals surface area contributed by atoms with Gasteiger partial charge in [0.05, 0.1) is 11.3 Å². The zero-order valence-corrected chi connectivity index (χ0v) is 10.8. The summed E-state index contributed by atoms with van der Waals surface area (Å²) in [5.74, 6) is -0.428. The van der Waals surface area contributed by atoms with Gasteiger partial charge in [0.1, 0.15) is 6.54 Å². The first kappa shape index (κ1) is 14.4. The molecule has 0 aromatic heterocycles. The van der Waals surface area contributed by atoms with Gasteiger partial charge in [0.2, 0.25) is 0 Å². The summed E-state index contributed by atoms with van der Waals surface area (Å²) in [6.07, 6.45) is -3.73. The van der Waals surface area contributed by atoms with Gasteiger partial charge in [-0.25, -0.2) is 9.69 Å². The molecule has 0 N–H and O–H groups in total. The molecule has 1 saturated heterocycles. The minimum atomic E-state index is -4.44. The minimum Gasteiger partial charge on any atom is -0.315 e. The van der Waals surface area contributed by atoms with E-state index in [1.54, 1.807) is 0 Å². The smallest absolute Gasteiger partial charge is 0.315 e. The third-order valence-electron chi connectivity index (χ3n) is 2.98. The predicted molar refractivity (Wildman–Crippen MR) is 66.2 cm³/mol. The van der Waals surface area contributed by atoms with Crippen LogP contribution >= 0.6 is 0 Å². The molecule has 0 saturated carbocycles. The Bertz CT molecular complexity index is 525. The van der Waals surface area contributed by atoms with E-state index in [2.05, 4.69) is 0 Å². The van der Waals surface area contributed by atoms with Crippen LogP contribution in [0.25, 0.3) is 0 Å². The van der Waals surface area contributed by atoms with Gasteiger partial charge >= 0.3 is 12.2 Å². The zero-order valence-electron chi connectivity index (χ0n) is 10.8. The fraction of sp³-hybridized carbons (Fsp3) is 0.385. The standard InChI is InChI=1S/C13H13F3N2O2/c1-2-7-17-8-11(19)18(12(17)20)10-5-3-9(4-6-10)13(14,15)16/h3-6H,2,7-8H2,1H3. The first-order valence-corrected chi connectivity index (χ1v) is 6.13. The van der Waals surface area contributed by atoms with E-state index in [9.17, 15) is 22.8 Å². The van der Waals surface area contributed by atoms with E-state index in [-0.39, 0.29) is 12.2 Å². The van der Waals surface area contributed by atoms with Crippen molar-refractivity contribution in [1.82, 2.24) is 4.90 Å². The Morgan fingerprint density at radius 1 is 1.15 bits per heavy atom. The van der Waals surface area contributed by atoms with Gasteiger partial charge in [0, 0.05) is 6.54 Å². The van der Waals surface area contributed by atoms with Crippen LogP contribution in [0.4, 0.5) is 23.7 Å². The summed E-state index contributed by atoms with van der Waals surface area (Å²) >= 11 is 0. The normalized spacial score (nSPS) is 16.2. The number of alkyl halides is 3. The average molecular weight is 286 g/mol. The number of benzene rings is 1. The van der Waals surface area contributed by atoms with Crippen molar-refractivity contribution in [2.45, 2.75) is 19.5 Å². The van der Waals surface area contributed by atoms with Crippen molar-refractivity contribution in [3.05, 3.63) is 29.8 Å². The lowest BCUT2D eigenvalue weighted by Crippen LogP contribution is -2.33. The number of carbonyl (C=O) groups excluding carboxylic acids is 2. The van der Waals surface area contributed by atoms with Crippen LogP contribution < -0.4 is 4.90 Å². The molecule has 3 amide bonds. The maximum absolute atomic E-state index is 12.5. The molecule has 7 heteroatoms. The van der Waals surface area contributed by atoms with Crippen LogP contribution in [-0.4, -0.2) is 29.9 Å². The first-order valence-electron chi connectivity index (χ1n) is 6.13. The van der Waals surface area contributed by atoms with E-state index >= 15 is 0 Å². The number of carbonyl (C=O) groups is 2. The van der Waals surface area contributed by atoms with Crippen LogP contribution in [0.2, 0.25) is 0 Å². The Hall–Kier alpha value is -2.05. The molecule has 1 aliphatic rings. The van der Waals surface area contributed by atoms with Gasteiger partial charge in [-0.05, 0) is 30.7 Å². The molecular weight excluding hydrogens is 273 g/mol. The third-order valence-corrected chi connectivity index (χ3v) is 2.98. The molecule has 20 heavy (non-hydrogen) atoms. The maximum atomic E-state index is 12.5. The van der Waals surface area contributed by atoms with Gasteiger partial charge in [-0.3, -0.25) is 4.79 Å². The molecule has 0 radical (unpaired) electrons. The van der Waals surface area contributed by atoms with Gasteiger partial charge in [-0.2, -0.15) is 13.2 Å². The monoisotopic (exact) mass is 286 g/mol. The molecular formula is C13H13F3N2O2. The number of anilines is 1. The Morgan fingerprint density at radius 3 is 2.25 bits per heavy atom. The highest BCUT2D eigenvalue weighted by Gasteiger charge is 2.37. The lowest BCUT2D eigenvalue weighted by Gasteiger charge is -2.17. The van der Waals surface area contributed by atoms with Crippen LogP contribution in [-0.2, 0) is 11.0 Å². The Labute approximate surface area is 113 Å². The van der Waals surface area contributed by atoms with E-state index in [4.69, 9.17) is 0 Å². The lowest BCUT2D eigenvalue weighted by molar-refractivity contribution is -0.137. The topological polar surface area (TPSA) is 40.6 Å². The van der Waals surface area contributed by atoms with E-state index in [1.165, 1.54) is 4.90 Å². The number of urea groups is 1. The van der Waals surface area contributed by atoms with Crippen molar-refractivity contribution in [1.29, 1.82) is 0 Å². The predicted octanol–water partition coefficient (Wildman–Crippen LogP) is 2.88. The summed E-state index contributed by atoms with van der Waals surface area (Å²) < 4.78 is 37.4. The molecule has 1 aliphatic heterocycles. The fourth-order valence-electron chi connectivity index (χ4n) is 2.05. The molecule has 1 aromatic carbocycles. The van der Waals surface area contributed by atoms with Crippen molar-refractivity contribution in [2.75, 3.05) is 18.0 Å². The average Bonchev–Trinajstić information content (AvgIpc) is 2.64. The molecule has 2 rings (SSSR count). The van der Waals surface area contributed by atoms with Crippen molar-refractivity contribution < 1.29 is 22.8 Å². The number of nitrogens with zero attached hydrogens (tertiary/aromatic N) is 2. The van der Waals surface area contributed by atoms with Gasteiger partial charge in [0.25, 0.3) is 5.91 Å². The second-order valence-corrected chi connectivity index (χ2v) is 4.48. The van der Waals surface area contributed by atoms with Crippen molar-refractivity contribution in [2.24, 2.45) is 0 Å². The van der Waals surface area contributed by atoms with Gasteiger partial charge in [-0.1, -0.05) is 6.92 Å². The Balaban J connectivity index is 2.24. The van der Waals surface area contributed by atoms with E-state index in [0.717, 1.165) is 29.2 Å². The second-order valence-electron chi connectivity index (χ2n) is 4.48. The molecule has 1 aromatic rings. The molecule has 1 fully saturated rings. The van der Waals surface area contributed by atoms with E-state index in [1.807, 2.05) is 6.92 Å². The van der Waals surface area contributed by atoms with Crippen molar-refractivity contribution in [3.8, 4) is 0 Å². The van der Waals surface area contributed by atoms with Gasteiger partial charge in [0.15, 0.2) is 0 Å². The largest absolute Gasteiger partial charge is 0.416 e. The molecule has 0 aliphatic carbocycles. The van der Waals surface area contributed by atoms with Gasteiger partial charge in [-0.15, -0.1) is 0 Å². The van der Waals surface area contributed by atoms with Crippen molar-refractivity contribution >= 4 is 17.6 Å². The zero-order chi connectivity index (χ0) is 14.9. The summed E-state index contributed by atoms with van der Waals surface area (Å²) in [5.41, 5.74) is -0.655. The van der Waals surface area contributed by atoms with Crippen LogP contribution in [0.5, 0.6) is 0 Å². The fourth-order valence-corrected chi connectivity index (χ4v) is 2.05. The summed E-state index contributed by atoms with van der Waals surface area (Å²) in [6, 6.07) is 3.50. The second kappa shape index (κ2) is 5.15. The number of hydrogen-bond acceptors (Lipinski definition) is 2. The van der Waals surface area contributed by atoms with Crippen LogP contribution in [0.15, 0.2) is 24.3 Å². The van der Waals surface area contributed by atoms with Crippen LogP contribution in [0, 0.1) is 0 Å². The third kappa shape index (κ3) is 2.61.